The Morgan fingerprint density at radius 3 is 2.65 bits per heavy atom. The van der Waals surface area contributed by atoms with Crippen molar-refractivity contribution < 1.29 is 4.79 Å². The fraction of sp³-hybridized carbons (Fsp3) is 0.522. The maximum absolute atomic E-state index is 12.2. The van der Waals surface area contributed by atoms with E-state index >= 15 is 0 Å². The predicted molar refractivity (Wildman–Crippen MR) is 119 cm³/mol. The van der Waals surface area contributed by atoms with Crippen LogP contribution >= 0.6 is 0 Å². The van der Waals surface area contributed by atoms with E-state index in [2.05, 4.69) is 49.6 Å². The summed E-state index contributed by atoms with van der Waals surface area (Å²) in [7, 11) is 0. The molecule has 5 heterocycles. The molecule has 8 heteroatoms. The van der Waals surface area contributed by atoms with Crippen molar-refractivity contribution >= 4 is 22.9 Å². The number of fused-ring (bicyclic) bond motifs is 1. The zero-order valence-corrected chi connectivity index (χ0v) is 18.4. The first-order chi connectivity index (χ1) is 14.9. The number of rotatable bonds is 4. The zero-order valence-electron chi connectivity index (χ0n) is 18.4. The summed E-state index contributed by atoms with van der Waals surface area (Å²) >= 11 is 0. The molecule has 0 saturated carbocycles. The molecule has 0 aromatic carbocycles. The molecule has 162 valence electrons. The van der Waals surface area contributed by atoms with Gasteiger partial charge in [-0.25, -0.2) is 15.0 Å². The van der Waals surface area contributed by atoms with E-state index in [-0.39, 0.29) is 11.3 Å². The van der Waals surface area contributed by atoms with Crippen molar-refractivity contribution in [3.8, 4) is 0 Å². The van der Waals surface area contributed by atoms with E-state index in [1.807, 2.05) is 25.4 Å². The van der Waals surface area contributed by atoms with Crippen molar-refractivity contribution in [1.82, 2.24) is 29.8 Å². The highest BCUT2D eigenvalue weighted by molar-refractivity contribution is 5.85. The highest BCUT2D eigenvalue weighted by atomic mass is 16.2. The number of hydrogen-bond acceptors (Lipinski definition) is 6. The molecule has 3 aromatic rings. The fourth-order valence-corrected chi connectivity index (χ4v) is 5.06. The summed E-state index contributed by atoms with van der Waals surface area (Å²) in [5.41, 5.74) is 3.78. The van der Waals surface area contributed by atoms with Gasteiger partial charge in [-0.1, -0.05) is 0 Å². The molecule has 2 aliphatic rings. The van der Waals surface area contributed by atoms with Crippen molar-refractivity contribution in [2.45, 2.75) is 52.5 Å². The summed E-state index contributed by atoms with van der Waals surface area (Å²) in [6.07, 6.45) is 7.00. The molecule has 1 spiro atoms. The van der Waals surface area contributed by atoms with Gasteiger partial charge in [0.15, 0.2) is 0 Å². The first-order valence-corrected chi connectivity index (χ1v) is 11.1. The number of amides is 1. The van der Waals surface area contributed by atoms with Gasteiger partial charge in [-0.05, 0) is 52.2 Å². The van der Waals surface area contributed by atoms with Gasteiger partial charge in [0.2, 0.25) is 11.9 Å². The lowest BCUT2D eigenvalue weighted by Gasteiger charge is -2.37. The van der Waals surface area contributed by atoms with Gasteiger partial charge >= 0.3 is 0 Å². The lowest BCUT2D eigenvalue weighted by Crippen LogP contribution is -2.44. The van der Waals surface area contributed by atoms with Crippen LogP contribution < -0.4 is 10.2 Å². The Bertz CT molecular complexity index is 1130. The van der Waals surface area contributed by atoms with E-state index in [1.165, 1.54) is 0 Å². The van der Waals surface area contributed by atoms with Crippen LogP contribution in [-0.4, -0.2) is 50.0 Å². The lowest BCUT2D eigenvalue weighted by atomic mass is 9.77. The van der Waals surface area contributed by atoms with E-state index in [4.69, 9.17) is 4.98 Å². The number of imidazole rings is 1. The quantitative estimate of drug-likeness (QED) is 0.700. The molecule has 0 radical (unpaired) electrons. The number of piperidine rings is 1. The summed E-state index contributed by atoms with van der Waals surface area (Å²) in [6, 6.07) is 4.42. The molecule has 2 fully saturated rings. The van der Waals surface area contributed by atoms with Gasteiger partial charge < -0.3 is 14.8 Å². The van der Waals surface area contributed by atoms with Crippen LogP contribution in [-0.2, 0) is 11.2 Å². The minimum atomic E-state index is -0.176. The molecule has 0 atom stereocenters. The van der Waals surface area contributed by atoms with Gasteiger partial charge in [0.1, 0.15) is 11.3 Å². The molecule has 0 aliphatic carbocycles. The second-order valence-corrected chi connectivity index (χ2v) is 9.09. The zero-order chi connectivity index (χ0) is 21.6. The summed E-state index contributed by atoms with van der Waals surface area (Å²) in [5, 5.41) is 2.99. The van der Waals surface area contributed by atoms with Crippen LogP contribution in [0.3, 0.4) is 0 Å². The maximum atomic E-state index is 12.2. The Balaban J connectivity index is 1.34. The highest BCUT2D eigenvalue weighted by Crippen LogP contribution is 2.38. The van der Waals surface area contributed by atoms with Crippen molar-refractivity contribution in [1.29, 1.82) is 0 Å². The number of pyridine rings is 1. The minimum absolute atomic E-state index is 0.176. The van der Waals surface area contributed by atoms with Crippen LogP contribution in [0.25, 0.3) is 11.0 Å². The summed E-state index contributed by atoms with van der Waals surface area (Å²) < 4.78 is 2.24. The second-order valence-electron chi connectivity index (χ2n) is 9.09. The van der Waals surface area contributed by atoms with Gasteiger partial charge in [0, 0.05) is 44.0 Å². The number of aryl methyl sites for hydroxylation is 1. The third-order valence-electron chi connectivity index (χ3n) is 6.76. The normalized spacial score (nSPS) is 18.3. The third-order valence-corrected chi connectivity index (χ3v) is 6.76. The van der Waals surface area contributed by atoms with Crippen molar-refractivity contribution in [3.63, 3.8) is 0 Å². The average Bonchev–Trinajstić information content (AvgIpc) is 3.27. The third kappa shape index (κ3) is 3.54. The van der Waals surface area contributed by atoms with Crippen LogP contribution in [0.5, 0.6) is 0 Å². The average molecular weight is 420 g/mol. The van der Waals surface area contributed by atoms with Crippen LogP contribution in [0.4, 0.5) is 5.95 Å². The minimum Gasteiger partial charge on any atom is -0.356 e. The van der Waals surface area contributed by atoms with Gasteiger partial charge in [-0.2, -0.15) is 0 Å². The Hall–Kier alpha value is -3.03. The van der Waals surface area contributed by atoms with E-state index in [9.17, 15) is 4.79 Å². The van der Waals surface area contributed by atoms with Crippen molar-refractivity contribution in [2.75, 3.05) is 24.5 Å². The van der Waals surface area contributed by atoms with E-state index < -0.39 is 0 Å². The van der Waals surface area contributed by atoms with Crippen LogP contribution in [0.2, 0.25) is 0 Å². The molecule has 5 rings (SSSR count). The van der Waals surface area contributed by atoms with Crippen molar-refractivity contribution in [3.05, 3.63) is 41.7 Å². The van der Waals surface area contributed by atoms with E-state index in [0.717, 1.165) is 73.1 Å². The van der Waals surface area contributed by atoms with Gasteiger partial charge in [0.05, 0.1) is 22.8 Å². The predicted octanol–water partition coefficient (Wildman–Crippen LogP) is 2.81. The van der Waals surface area contributed by atoms with Gasteiger partial charge in [0.25, 0.3) is 0 Å². The van der Waals surface area contributed by atoms with Crippen LogP contribution in [0.15, 0.2) is 24.5 Å². The number of aromatic nitrogens is 5. The number of carbonyl (C=O) groups is 1. The molecule has 8 nitrogen and oxygen atoms in total. The molecule has 3 aromatic heterocycles. The monoisotopic (exact) mass is 419 g/mol. The number of hydrogen-bond donors (Lipinski definition) is 1. The van der Waals surface area contributed by atoms with E-state index in [1.54, 1.807) is 0 Å². The first-order valence-electron chi connectivity index (χ1n) is 11.1. The molecule has 0 bridgehead atoms. The Morgan fingerprint density at radius 2 is 1.94 bits per heavy atom. The highest BCUT2D eigenvalue weighted by Gasteiger charge is 2.44. The number of carbonyl (C=O) groups excluding carboxylic acids is 1. The largest absolute Gasteiger partial charge is 0.356 e. The van der Waals surface area contributed by atoms with Crippen LogP contribution in [0.1, 0.15) is 56.4 Å². The van der Waals surface area contributed by atoms with Gasteiger partial charge in [-0.3, -0.25) is 9.78 Å². The summed E-state index contributed by atoms with van der Waals surface area (Å²) in [5.74, 6) is 1.97. The summed E-state index contributed by atoms with van der Waals surface area (Å²) in [4.78, 5) is 33.0. The standard InChI is InChI=1S/C23H29N7O/c1-15(2)30-16(3)27-19-14-26-18(13-20(19)30)12-17-4-8-25-22(28-17)29-10-6-23(7-11-29)5-9-24-21(23)31/h4,8,13-15H,5-7,9-12H2,1-3H3,(H,24,31). The van der Waals surface area contributed by atoms with Crippen LogP contribution in [0, 0.1) is 12.3 Å². The molecule has 2 saturated heterocycles. The Labute approximate surface area is 182 Å². The number of nitrogens with zero attached hydrogens (tertiary/aromatic N) is 6. The van der Waals surface area contributed by atoms with Crippen molar-refractivity contribution in [2.24, 2.45) is 5.41 Å². The molecule has 31 heavy (non-hydrogen) atoms. The Kier molecular flexibility index (Phi) is 4.87. The lowest BCUT2D eigenvalue weighted by molar-refractivity contribution is -0.128. The second kappa shape index (κ2) is 7.59. The molecule has 2 aliphatic heterocycles. The number of nitrogens with one attached hydrogen (secondary N) is 1. The fourth-order valence-electron chi connectivity index (χ4n) is 5.06. The maximum Gasteiger partial charge on any atom is 0.226 e. The molecule has 1 amide bonds. The smallest absolute Gasteiger partial charge is 0.226 e. The molecule has 1 N–H and O–H groups in total. The SMILES string of the molecule is Cc1nc2cnc(Cc3ccnc(N4CCC5(CCNC5=O)CC4)n3)cc2n1C(C)C. The van der Waals surface area contributed by atoms with Gasteiger partial charge in [-0.15, -0.1) is 0 Å². The Morgan fingerprint density at radius 1 is 1.13 bits per heavy atom. The topological polar surface area (TPSA) is 88.8 Å². The number of anilines is 1. The summed E-state index contributed by atoms with van der Waals surface area (Å²) in [6.45, 7) is 8.80. The first kappa shape index (κ1) is 19.9. The molecular weight excluding hydrogens is 390 g/mol. The molecule has 0 unspecified atom stereocenters. The van der Waals surface area contributed by atoms with E-state index in [0.29, 0.717) is 12.5 Å². The molecular formula is C23H29N7O.